The van der Waals surface area contributed by atoms with Crippen LogP contribution >= 0.6 is 0 Å². The van der Waals surface area contributed by atoms with Gasteiger partial charge in [-0.2, -0.15) is 36.5 Å². The first-order valence-corrected chi connectivity index (χ1v) is 22.1. The lowest BCUT2D eigenvalue weighted by molar-refractivity contribution is -0.138. The molecular formula is C46H47F6N17O2. The SMILES string of the molecule is Cc1ncc(NC(=O)c2cc(C(F)(F)F)ccn2)cc1N1C=C(c2cnn(CCc3ncc(NC(=O)c4cc(N5CCN(C)CC5)cc(C(F)(F)F)c4)cc3N3C=C(c4cnn(C)c4C)NN3)c2C)NN1. The number of carbonyl (C=O) groups is 2. The molecule has 5 aromatic heterocycles. The first-order chi connectivity index (χ1) is 33.8. The first kappa shape index (κ1) is 48.0. The molecule has 25 heteroatoms. The second kappa shape index (κ2) is 19.0. The molecule has 6 aromatic rings. The molecule has 0 atom stereocenters. The van der Waals surface area contributed by atoms with Crippen LogP contribution in [0.5, 0.6) is 0 Å². The maximum absolute atomic E-state index is 14.2. The van der Waals surface area contributed by atoms with Crippen molar-refractivity contribution in [2.75, 3.05) is 58.8 Å². The van der Waals surface area contributed by atoms with Crippen LogP contribution in [0, 0.1) is 20.8 Å². The van der Waals surface area contributed by atoms with Crippen molar-refractivity contribution in [3.63, 3.8) is 0 Å². The van der Waals surface area contributed by atoms with Crippen LogP contribution in [0.15, 0.2) is 85.8 Å². The number of likely N-dealkylation sites (N-methyl/N-ethyl adjacent to an activating group) is 1. The number of halogens is 6. The van der Waals surface area contributed by atoms with E-state index in [2.05, 4.69) is 57.6 Å². The number of aromatic nitrogens is 7. The fourth-order valence-electron chi connectivity index (χ4n) is 8.14. The zero-order valence-corrected chi connectivity index (χ0v) is 38.8. The van der Waals surface area contributed by atoms with Crippen LogP contribution in [-0.2, 0) is 32.4 Å². The van der Waals surface area contributed by atoms with Crippen LogP contribution in [0.2, 0.25) is 0 Å². The van der Waals surface area contributed by atoms with Gasteiger partial charge in [0.1, 0.15) is 5.69 Å². The van der Waals surface area contributed by atoms with E-state index in [-0.39, 0.29) is 16.9 Å². The molecule has 6 N–H and O–H groups in total. The molecule has 8 heterocycles. The number of carbonyl (C=O) groups excluding carboxylic acids is 2. The van der Waals surface area contributed by atoms with Gasteiger partial charge in [-0.25, -0.2) is 0 Å². The van der Waals surface area contributed by atoms with Gasteiger partial charge >= 0.3 is 12.4 Å². The monoisotopic (exact) mass is 983 g/mol. The molecule has 1 fully saturated rings. The smallest absolute Gasteiger partial charge is 0.369 e. The van der Waals surface area contributed by atoms with Crippen LogP contribution in [-0.4, -0.2) is 84.5 Å². The van der Waals surface area contributed by atoms with Crippen molar-refractivity contribution in [1.82, 2.24) is 61.3 Å². The van der Waals surface area contributed by atoms with Gasteiger partial charge in [0.2, 0.25) is 0 Å². The van der Waals surface area contributed by atoms with Gasteiger partial charge in [0, 0.05) is 98.6 Å². The molecular weight excluding hydrogens is 937 g/mol. The van der Waals surface area contributed by atoms with Crippen molar-refractivity contribution in [3.05, 3.63) is 142 Å². The van der Waals surface area contributed by atoms with Gasteiger partial charge in [0.25, 0.3) is 11.8 Å². The van der Waals surface area contributed by atoms with E-state index in [0.717, 1.165) is 46.9 Å². The predicted octanol–water partition coefficient (Wildman–Crippen LogP) is 5.92. The Kier molecular flexibility index (Phi) is 12.9. The molecule has 2 amide bonds. The molecule has 0 aliphatic carbocycles. The highest BCUT2D eigenvalue weighted by atomic mass is 19.4. The van der Waals surface area contributed by atoms with Crippen molar-refractivity contribution in [2.24, 2.45) is 7.05 Å². The summed E-state index contributed by atoms with van der Waals surface area (Å²) in [6, 6.07) is 8.16. The van der Waals surface area contributed by atoms with E-state index in [0.29, 0.717) is 85.1 Å². The van der Waals surface area contributed by atoms with Gasteiger partial charge in [-0.1, -0.05) is 0 Å². The number of hydrazine groups is 4. The molecule has 71 heavy (non-hydrogen) atoms. The Morgan fingerprint density at radius 3 is 1.96 bits per heavy atom. The van der Waals surface area contributed by atoms with Crippen LogP contribution in [0.1, 0.15) is 65.9 Å². The van der Waals surface area contributed by atoms with E-state index in [1.54, 1.807) is 57.0 Å². The summed E-state index contributed by atoms with van der Waals surface area (Å²) in [5.41, 5.74) is 17.6. The van der Waals surface area contributed by atoms with E-state index in [1.807, 2.05) is 39.0 Å². The number of piperazine rings is 1. The number of alkyl halides is 6. The van der Waals surface area contributed by atoms with Crippen LogP contribution in [0.4, 0.5) is 54.8 Å². The highest BCUT2D eigenvalue weighted by Gasteiger charge is 2.34. The minimum Gasteiger partial charge on any atom is -0.369 e. The number of benzene rings is 1. The standard InChI is InChI=1S/C46H47F6N17O2/c1-26-41(18-32(20-54-26)59-44(71)38-17-30(6-8-53-38)45(47,48)49)68-24-40(61-62-68)36-23-57-67(28(36)3)9-7-37-42(69-25-39(60-63-69)35-22-56-65(5)27(35)2)19-33(21-55-37)58-43(70)29-14-31(46(50,51)52)16-34(15-29)66-12-10-64(4)11-13-66/h6,8,14-25,60-63H,7,9-13H2,1-5H3,(H,58,70)(H,59,71). The molecule has 0 spiro atoms. The second-order valence-corrected chi connectivity index (χ2v) is 17.1. The highest BCUT2D eigenvalue weighted by molar-refractivity contribution is 6.05. The molecule has 0 bridgehead atoms. The highest BCUT2D eigenvalue weighted by Crippen LogP contribution is 2.35. The van der Waals surface area contributed by atoms with Gasteiger partial charge in [0.05, 0.1) is 81.4 Å². The Morgan fingerprint density at radius 2 is 1.30 bits per heavy atom. The van der Waals surface area contributed by atoms with Crippen molar-refractivity contribution < 1.29 is 35.9 Å². The molecule has 9 rings (SSSR count). The summed E-state index contributed by atoms with van der Waals surface area (Å²) < 4.78 is 85.9. The average Bonchev–Trinajstić information content (AvgIpc) is 4.17. The summed E-state index contributed by atoms with van der Waals surface area (Å²) in [4.78, 5) is 43.6. The quantitative estimate of drug-likeness (QED) is 0.0792. The summed E-state index contributed by atoms with van der Waals surface area (Å²) in [5, 5.41) is 17.7. The van der Waals surface area contributed by atoms with Crippen LogP contribution in [0.25, 0.3) is 11.4 Å². The molecule has 1 saturated heterocycles. The molecule has 0 radical (unpaired) electrons. The van der Waals surface area contributed by atoms with Crippen molar-refractivity contribution in [2.45, 2.75) is 46.1 Å². The summed E-state index contributed by atoms with van der Waals surface area (Å²) in [6.07, 6.45) is 1.77. The van der Waals surface area contributed by atoms with Crippen molar-refractivity contribution in [3.8, 4) is 0 Å². The largest absolute Gasteiger partial charge is 0.416 e. The Morgan fingerprint density at radius 1 is 0.676 bits per heavy atom. The Balaban J connectivity index is 0.939. The third kappa shape index (κ3) is 10.3. The molecule has 0 unspecified atom stereocenters. The van der Waals surface area contributed by atoms with Crippen molar-refractivity contribution >= 4 is 51.6 Å². The fourth-order valence-corrected chi connectivity index (χ4v) is 8.14. The Hall–Kier alpha value is -8.03. The summed E-state index contributed by atoms with van der Waals surface area (Å²) in [5.74, 6) is -1.58. The normalized spacial score (nSPS) is 15.4. The molecule has 1 aromatic carbocycles. The summed E-state index contributed by atoms with van der Waals surface area (Å²) >= 11 is 0. The van der Waals surface area contributed by atoms with Crippen LogP contribution < -0.4 is 47.5 Å². The van der Waals surface area contributed by atoms with Crippen molar-refractivity contribution in [1.29, 1.82) is 0 Å². The molecule has 19 nitrogen and oxygen atoms in total. The van der Waals surface area contributed by atoms with Gasteiger partial charge in [-0.15, -0.1) is 11.1 Å². The summed E-state index contributed by atoms with van der Waals surface area (Å²) in [7, 11) is 3.78. The van der Waals surface area contributed by atoms with Crippen LogP contribution in [0.3, 0.4) is 0 Å². The van der Waals surface area contributed by atoms with E-state index >= 15 is 0 Å². The number of amides is 2. The number of aryl methyl sites for hydroxylation is 4. The number of anilines is 5. The lowest BCUT2D eigenvalue weighted by Gasteiger charge is -2.34. The minimum absolute atomic E-state index is 0.149. The first-order valence-electron chi connectivity index (χ1n) is 22.1. The number of rotatable bonds is 12. The van der Waals surface area contributed by atoms with E-state index in [4.69, 9.17) is 4.98 Å². The lowest BCUT2D eigenvalue weighted by Crippen LogP contribution is -2.44. The average molecular weight is 984 g/mol. The number of hydrogen-bond acceptors (Lipinski definition) is 15. The number of pyridine rings is 3. The lowest BCUT2D eigenvalue weighted by atomic mass is 10.1. The minimum atomic E-state index is -4.68. The number of nitrogens with one attached hydrogen (secondary N) is 6. The maximum atomic E-state index is 14.2. The molecule has 0 saturated carbocycles. The Bertz CT molecular complexity index is 3080. The predicted molar refractivity (Wildman–Crippen MR) is 252 cm³/mol. The number of nitrogens with zero attached hydrogens (tertiary/aromatic N) is 11. The molecule has 3 aliphatic rings. The second-order valence-electron chi connectivity index (χ2n) is 17.1. The molecule has 370 valence electrons. The third-order valence-corrected chi connectivity index (χ3v) is 12.4. The van der Waals surface area contributed by atoms with E-state index in [1.165, 1.54) is 18.5 Å². The van der Waals surface area contributed by atoms with E-state index < -0.39 is 41.0 Å². The molecule has 3 aliphatic heterocycles. The number of hydrogen-bond donors (Lipinski definition) is 6. The van der Waals surface area contributed by atoms with Gasteiger partial charge in [-0.05, 0) is 70.3 Å². The van der Waals surface area contributed by atoms with Gasteiger partial charge in [0.15, 0.2) is 0 Å². The maximum Gasteiger partial charge on any atom is 0.416 e. The Labute approximate surface area is 402 Å². The van der Waals surface area contributed by atoms with Gasteiger partial charge in [-0.3, -0.25) is 43.9 Å². The third-order valence-electron chi connectivity index (χ3n) is 12.4. The van der Waals surface area contributed by atoms with Gasteiger partial charge < -0.3 is 31.3 Å². The topological polar surface area (TPSA) is 194 Å². The van der Waals surface area contributed by atoms with E-state index in [9.17, 15) is 35.9 Å². The fraction of sp³-hybridized carbons (Fsp3) is 0.283. The zero-order chi connectivity index (χ0) is 50.4. The zero-order valence-electron chi connectivity index (χ0n) is 38.8. The summed E-state index contributed by atoms with van der Waals surface area (Å²) in [6.45, 7) is 8.28.